The van der Waals surface area contributed by atoms with Crippen LogP contribution in [-0.2, 0) is 10.5 Å². The number of carbonyl (C=O) groups excluding carboxylic acids is 1. The minimum absolute atomic E-state index is 0.0961. The quantitative estimate of drug-likeness (QED) is 0.241. The molecule has 4 aromatic rings. The molecule has 0 saturated carbocycles. The van der Waals surface area contributed by atoms with E-state index < -0.39 is 5.92 Å². The van der Waals surface area contributed by atoms with Gasteiger partial charge in [-0.25, -0.2) is 0 Å². The standard InChI is InChI=1S/C35H30ClN3OS/c1-21-17-22(2)28(18-24(21)20-41-26-15-13-25(36)14-16-26)33-29(19-37)35(38)39(31-11-6-12-32(40)34(31)33)30-10-5-8-23-7-3-4-9-27(23)30/h3-5,7-10,13-18,33H,6,11-12,20,38H2,1-2H3. The topological polar surface area (TPSA) is 70.1 Å². The van der Waals surface area contributed by atoms with Crippen LogP contribution in [0.5, 0.6) is 0 Å². The van der Waals surface area contributed by atoms with E-state index in [1.807, 2.05) is 53.4 Å². The molecule has 0 aromatic heterocycles. The lowest BCUT2D eigenvalue weighted by Gasteiger charge is -2.40. The van der Waals surface area contributed by atoms with Gasteiger partial charge in [0.1, 0.15) is 5.82 Å². The molecular weight excluding hydrogens is 546 g/mol. The number of Topliss-reactive ketones (excluding diaryl/α,β-unsaturated/α-hetero) is 1. The monoisotopic (exact) mass is 575 g/mol. The van der Waals surface area contributed by atoms with Crippen molar-refractivity contribution in [3.63, 3.8) is 0 Å². The SMILES string of the molecule is Cc1cc(C)c(C2C(C#N)=C(N)N(c3cccc4ccccc34)C3=C2C(=O)CCC3)cc1CSc1ccc(Cl)cc1. The Morgan fingerprint density at radius 2 is 1.76 bits per heavy atom. The number of carbonyl (C=O) groups is 1. The number of thioether (sulfide) groups is 1. The summed E-state index contributed by atoms with van der Waals surface area (Å²) >= 11 is 7.82. The van der Waals surface area contributed by atoms with E-state index >= 15 is 0 Å². The Hall–Kier alpha value is -3.98. The molecule has 41 heavy (non-hydrogen) atoms. The van der Waals surface area contributed by atoms with Crippen LogP contribution in [0.3, 0.4) is 0 Å². The Kier molecular flexibility index (Phi) is 7.38. The number of fused-ring (bicyclic) bond motifs is 1. The molecule has 6 heteroatoms. The van der Waals surface area contributed by atoms with E-state index in [-0.39, 0.29) is 5.78 Å². The van der Waals surface area contributed by atoms with Crippen LogP contribution in [0.1, 0.15) is 47.4 Å². The van der Waals surface area contributed by atoms with Crippen LogP contribution < -0.4 is 10.6 Å². The number of rotatable bonds is 5. The van der Waals surface area contributed by atoms with E-state index in [0.29, 0.717) is 28.4 Å². The lowest BCUT2D eigenvalue weighted by atomic mass is 9.74. The number of nitrogens with zero attached hydrogens (tertiary/aromatic N) is 2. The molecule has 0 bridgehead atoms. The second kappa shape index (κ2) is 11.1. The highest BCUT2D eigenvalue weighted by Gasteiger charge is 2.41. The second-order valence-electron chi connectivity index (χ2n) is 10.7. The molecular formula is C35H30ClN3OS. The van der Waals surface area contributed by atoms with Gasteiger partial charge in [-0.15, -0.1) is 11.8 Å². The third-order valence-electron chi connectivity index (χ3n) is 8.16. The molecule has 2 aliphatic rings. The molecule has 4 aromatic carbocycles. The van der Waals surface area contributed by atoms with Gasteiger partial charge in [-0.1, -0.05) is 60.1 Å². The van der Waals surface area contributed by atoms with Crippen LogP contribution in [0.2, 0.25) is 5.02 Å². The van der Waals surface area contributed by atoms with Gasteiger partial charge in [0.25, 0.3) is 0 Å². The minimum Gasteiger partial charge on any atom is -0.384 e. The van der Waals surface area contributed by atoms with Crippen LogP contribution in [0.15, 0.2) is 106 Å². The van der Waals surface area contributed by atoms with E-state index in [2.05, 4.69) is 50.2 Å². The van der Waals surface area contributed by atoms with Gasteiger partial charge in [0, 0.05) is 38.7 Å². The third kappa shape index (κ3) is 4.92. The number of nitriles is 1. The van der Waals surface area contributed by atoms with Crippen molar-refractivity contribution in [1.29, 1.82) is 5.26 Å². The predicted octanol–water partition coefficient (Wildman–Crippen LogP) is 8.71. The Labute approximate surface area is 250 Å². The summed E-state index contributed by atoms with van der Waals surface area (Å²) in [5, 5.41) is 13.4. The fourth-order valence-electron chi connectivity index (χ4n) is 6.15. The van der Waals surface area contributed by atoms with E-state index in [4.69, 9.17) is 17.3 Å². The summed E-state index contributed by atoms with van der Waals surface area (Å²) < 4.78 is 0. The number of hydrogen-bond donors (Lipinski definition) is 1. The van der Waals surface area contributed by atoms with Crippen molar-refractivity contribution in [3.8, 4) is 6.07 Å². The van der Waals surface area contributed by atoms with Gasteiger partial charge >= 0.3 is 0 Å². The highest BCUT2D eigenvalue weighted by molar-refractivity contribution is 7.98. The number of anilines is 1. The fraction of sp³-hybridized carbons (Fsp3) is 0.200. The van der Waals surface area contributed by atoms with Gasteiger partial charge in [0.05, 0.1) is 23.2 Å². The number of allylic oxidation sites excluding steroid dienone is 3. The summed E-state index contributed by atoms with van der Waals surface area (Å²) in [7, 11) is 0. The summed E-state index contributed by atoms with van der Waals surface area (Å²) in [6, 6.07) is 28.9. The second-order valence-corrected chi connectivity index (χ2v) is 12.2. The number of hydrogen-bond acceptors (Lipinski definition) is 5. The predicted molar refractivity (Wildman–Crippen MR) is 169 cm³/mol. The van der Waals surface area contributed by atoms with Crippen LogP contribution in [-0.4, -0.2) is 5.78 Å². The normalized spacial score (nSPS) is 17.2. The molecule has 204 valence electrons. The van der Waals surface area contributed by atoms with Crippen molar-refractivity contribution in [1.82, 2.24) is 0 Å². The lowest BCUT2D eigenvalue weighted by molar-refractivity contribution is -0.116. The van der Waals surface area contributed by atoms with Gasteiger partial charge < -0.3 is 5.73 Å². The molecule has 1 aliphatic heterocycles. The molecule has 0 spiro atoms. The maximum Gasteiger partial charge on any atom is 0.161 e. The number of benzene rings is 4. The van der Waals surface area contributed by atoms with E-state index in [1.165, 1.54) is 11.1 Å². The van der Waals surface area contributed by atoms with Gasteiger partial charge in [0.2, 0.25) is 0 Å². The maximum absolute atomic E-state index is 13.8. The molecule has 2 N–H and O–H groups in total. The van der Waals surface area contributed by atoms with Crippen molar-refractivity contribution in [2.24, 2.45) is 5.73 Å². The van der Waals surface area contributed by atoms with Gasteiger partial charge in [-0.2, -0.15) is 5.26 Å². The van der Waals surface area contributed by atoms with Crippen molar-refractivity contribution >= 4 is 45.6 Å². The Morgan fingerprint density at radius 1 is 1.00 bits per heavy atom. The van der Waals surface area contributed by atoms with Crippen molar-refractivity contribution in [2.75, 3.05) is 4.90 Å². The molecule has 1 aliphatic carbocycles. The largest absolute Gasteiger partial charge is 0.384 e. The zero-order valence-corrected chi connectivity index (χ0v) is 24.6. The molecule has 0 radical (unpaired) electrons. The summed E-state index contributed by atoms with van der Waals surface area (Å²) in [6.45, 7) is 4.18. The molecule has 0 saturated heterocycles. The minimum atomic E-state index is -0.492. The number of aryl methyl sites for hydroxylation is 2. The summed E-state index contributed by atoms with van der Waals surface area (Å²) in [5.74, 6) is 0.767. The number of ketones is 1. The average molecular weight is 576 g/mol. The molecule has 6 rings (SSSR count). The molecule has 0 fully saturated rings. The fourth-order valence-corrected chi connectivity index (χ4v) is 7.24. The van der Waals surface area contributed by atoms with Gasteiger partial charge in [0.15, 0.2) is 5.78 Å². The lowest BCUT2D eigenvalue weighted by Crippen LogP contribution is -2.39. The van der Waals surface area contributed by atoms with Crippen LogP contribution in [0, 0.1) is 25.2 Å². The van der Waals surface area contributed by atoms with Crippen LogP contribution >= 0.6 is 23.4 Å². The first-order chi connectivity index (χ1) is 19.9. The average Bonchev–Trinajstić information content (AvgIpc) is 2.97. The van der Waals surface area contributed by atoms with Gasteiger partial charge in [-0.05, 0) is 84.7 Å². The first-order valence-corrected chi connectivity index (χ1v) is 15.2. The highest BCUT2D eigenvalue weighted by atomic mass is 35.5. The van der Waals surface area contributed by atoms with Crippen LogP contribution in [0.4, 0.5) is 5.69 Å². The molecule has 1 unspecified atom stereocenters. The smallest absolute Gasteiger partial charge is 0.161 e. The third-order valence-corrected chi connectivity index (χ3v) is 9.48. The first kappa shape index (κ1) is 27.2. The van der Waals surface area contributed by atoms with Crippen molar-refractivity contribution in [2.45, 2.75) is 49.7 Å². The Balaban J connectivity index is 1.49. The summed E-state index contributed by atoms with van der Waals surface area (Å²) in [4.78, 5) is 16.9. The van der Waals surface area contributed by atoms with E-state index in [0.717, 1.165) is 56.8 Å². The number of halogens is 1. The zero-order valence-electron chi connectivity index (χ0n) is 23.1. The zero-order chi connectivity index (χ0) is 28.7. The molecule has 1 heterocycles. The highest BCUT2D eigenvalue weighted by Crippen LogP contribution is 2.48. The molecule has 0 amide bonds. The Bertz CT molecular complexity index is 1790. The Morgan fingerprint density at radius 3 is 2.54 bits per heavy atom. The first-order valence-electron chi connectivity index (χ1n) is 13.8. The summed E-state index contributed by atoms with van der Waals surface area (Å²) in [5.41, 5.74) is 14.2. The summed E-state index contributed by atoms with van der Waals surface area (Å²) in [6.07, 6.45) is 1.96. The van der Waals surface area contributed by atoms with Crippen LogP contribution in [0.25, 0.3) is 10.8 Å². The molecule has 4 nitrogen and oxygen atoms in total. The van der Waals surface area contributed by atoms with E-state index in [1.54, 1.807) is 11.8 Å². The van der Waals surface area contributed by atoms with E-state index in [9.17, 15) is 10.1 Å². The van der Waals surface area contributed by atoms with Crippen molar-refractivity contribution < 1.29 is 4.79 Å². The van der Waals surface area contributed by atoms with Crippen molar-refractivity contribution in [3.05, 3.63) is 129 Å². The van der Waals surface area contributed by atoms with Gasteiger partial charge in [-0.3, -0.25) is 9.69 Å². The maximum atomic E-state index is 13.8. The molecule has 1 atom stereocenters. The number of nitrogens with two attached hydrogens (primary N) is 1.